The Balaban J connectivity index is 1.85. The third-order valence-electron chi connectivity index (χ3n) is 5.36. The number of carbonyl (C=O) groups is 1. The molecule has 0 unspecified atom stereocenters. The van der Waals surface area contributed by atoms with Gasteiger partial charge in [-0.15, -0.1) is 0 Å². The predicted molar refractivity (Wildman–Crippen MR) is 112 cm³/mol. The molecule has 1 heterocycles. The lowest BCUT2D eigenvalue weighted by Gasteiger charge is -2.38. The molecule has 1 fully saturated rings. The van der Waals surface area contributed by atoms with E-state index < -0.39 is 9.84 Å². The maximum absolute atomic E-state index is 12.9. The number of benzene rings is 2. The molecule has 28 heavy (non-hydrogen) atoms. The highest BCUT2D eigenvalue weighted by Crippen LogP contribution is 2.35. The van der Waals surface area contributed by atoms with Crippen molar-refractivity contribution in [2.75, 3.05) is 26.0 Å². The third-order valence-corrected chi connectivity index (χ3v) is 6.96. The van der Waals surface area contributed by atoms with Gasteiger partial charge in [0.15, 0.2) is 9.84 Å². The van der Waals surface area contributed by atoms with Crippen molar-refractivity contribution < 1.29 is 17.9 Å². The first-order valence-electron chi connectivity index (χ1n) is 9.14. The average Bonchev–Trinajstić information content (AvgIpc) is 2.66. The van der Waals surface area contributed by atoms with Crippen molar-refractivity contribution in [1.29, 1.82) is 0 Å². The van der Waals surface area contributed by atoms with Crippen LogP contribution < -0.4 is 5.32 Å². The molecule has 1 aliphatic heterocycles. The van der Waals surface area contributed by atoms with E-state index in [1.165, 1.54) is 12.1 Å². The minimum atomic E-state index is -3.37. The summed E-state index contributed by atoms with van der Waals surface area (Å²) in [6, 6.07) is 12.8. The van der Waals surface area contributed by atoms with Crippen LogP contribution in [-0.4, -0.2) is 40.3 Å². The number of sulfone groups is 1. The molecule has 1 saturated heterocycles. The van der Waals surface area contributed by atoms with Crippen LogP contribution in [0.2, 0.25) is 0 Å². The fourth-order valence-electron chi connectivity index (χ4n) is 3.57. The maximum Gasteiger partial charge on any atom is 0.251 e. The van der Waals surface area contributed by atoms with Gasteiger partial charge in [0.1, 0.15) is 0 Å². The minimum absolute atomic E-state index is 0.149. The molecule has 2 aromatic rings. The zero-order valence-corrected chi connectivity index (χ0v) is 18.4. The van der Waals surface area contributed by atoms with Crippen molar-refractivity contribution in [3.63, 3.8) is 0 Å². The summed E-state index contributed by atoms with van der Waals surface area (Å²) in [4.78, 5) is 13.0. The Hall–Kier alpha value is -1.70. The fraction of sp³-hybridized carbons (Fsp3) is 0.381. The van der Waals surface area contributed by atoms with E-state index >= 15 is 0 Å². The molecular formula is C21H24BrNO4S. The van der Waals surface area contributed by atoms with E-state index in [4.69, 9.17) is 4.74 Å². The summed E-state index contributed by atoms with van der Waals surface area (Å²) >= 11 is 3.53. The van der Waals surface area contributed by atoms with E-state index in [9.17, 15) is 13.2 Å². The SMILES string of the molecule is Cc1ccc(S(C)(=O)=O)cc1C(=O)NCC1(c2cccc(Br)c2)CCOCC1. The molecule has 0 radical (unpaired) electrons. The summed E-state index contributed by atoms with van der Waals surface area (Å²) in [6.07, 6.45) is 2.77. The summed E-state index contributed by atoms with van der Waals surface area (Å²) in [5.74, 6) is -0.260. The summed E-state index contributed by atoms with van der Waals surface area (Å²) in [7, 11) is -3.37. The van der Waals surface area contributed by atoms with Crippen LogP contribution in [0.1, 0.15) is 34.3 Å². The predicted octanol–water partition coefficient (Wildman–Crippen LogP) is 3.64. The van der Waals surface area contributed by atoms with E-state index in [1.807, 2.05) is 12.1 Å². The molecule has 0 saturated carbocycles. The second kappa shape index (κ2) is 8.35. The maximum atomic E-state index is 12.9. The van der Waals surface area contributed by atoms with Crippen molar-refractivity contribution in [3.05, 3.63) is 63.6 Å². The topological polar surface area (TPSA) is 72.5 Å². The number of aryl methyl sites for hydroxylation is 1. The monoisotopic (exact) mass is 465 g/mol. The molecule has 0 aliphatic carbocycles. The van der Waals surface area contributed by atoms with E-state index in [1.54, 1.807) is 13.0 Å². The third kappa shape index (κ3) is 4.64. The molecule has 0 atom stereocenters. The van der Waals surface area contributed by atoms with Gasteiger partial charge in [0, 0.05) is 41.5 Å². The van der Waals surface area contributed by atoms with Gasteiger partial charge in [-0.3, -0.25) is 4.79 Å². The van der Waals surface area contributed by atoms with Gasteiger partial charge in [-0.25, -0.2) is 8.42 Å². The molecule has 1 amide bonds. The molecule has 0 bridgehead atoms. The van der Waals surface area contributed by atoms with Gasteiger partial charge in [0.05, 0.1) is 4.90 Å². The van der Waals surface area contributed by atoms with Gasteiger partial charge in [0.2, 0.25) is 0 Å². The Morgan fingerprint density at radius 2 is 1.89 bits per heavy atom. The molecule has 1 aliphatic rings. The van der Waals surface area contributed by atoms with E-state index in [0.717, 1.165) is 34.7 Å². The van der Waals surface area contributed by atoms with E-state index in [0.29, 0.717) is 25.3 Å². The van der Waals surface area contributed by atoms with Crippen LogP contribution >= 0.6 is 15.9 Å². The first kappa shape index (κ1) is 21.0. The molecule has 2 aromatic carbocycles. The number of halogens is 1. The van der Waals surface area contributed by atoms with Crippen molar-refractivity contribution in [1.82, 2.24) is 5.32 Å². The molecule has 7 heteroatoms. The Kier molecular flexibility index (Phi) is 6.27. The highest BCUT2D eigenvalue weighted by Gasteiger charge is 2.35. The Morgan fingerprint density at radius 3 is 2.54 bits per heavy atom. The standard InChI is InChI=1S/C21H24BrNO4S/c1-15-6-7-18(28(2,25)26)13-19(15)20(24)23-14-21(8-10-27-11-9-21)16-4-3-5-17(22)12-16/h3-7,12-13H,8-11,14H2,1-2H3,(H,23,24). The normalized spacial score (nSPS) is 16.5. The molecule has 0 aromatic heterocycles. The van der Waals surface area contributed by atoms with Crippen LogP contribution in [0.25, 0.3) is 0 Å². The van der Waals surface area contributed by atoms with Crippen LogP contribution in [0, 0.1) is 6.92 Å². The number of carbonyl (C=O) groups excluding carboxylic acids is 1. The van der Waals surface area contributed by atoms with Gasteiger partial charge in [-0.1, -0.05) is 34.1 Å². The number of hydrogen-bond acceptors (Lipinski definition) is 4. The second-order valence-corrected chi connectivity index (χ2v) is 10.3. The lowest BCUT2D eigenvalue weighted by molar-refractivity contribution is 0.0487. The van der Waals surface area contributed by atoms with Crippen molar-refractivity contribution >= 4 is 31.7 Å². The van der Waals surface area contributed by atoms with Gasteiger partial charge < -0.3 is 10.1 Å². The molecule has 150 valence electrons. The summed E-state index contributed by atoms with van der Waals surface area (Å²) in [5, 5.41) is 3.04. The first-order valence-corrected chi connectivity index (χ1v) is 11.8. The average molecular weight is 466 g/mol. The second-order valence-electron chi connectivity index (χ2n) is 7.33. The van der Waals surface area contributed by atoms with Crippen molar-refractivity contribution in [3.8, 4) is 0 Å². The van der Waals surface area contributed by atoms with Gasteiger partial charge >= 0.3 is 0 Å². The minimum Gasteiger partial charge on any atom is -0.381 e. The van der Waals surface area contributed by atoms with Gasteiger partial charge in [0.25, 0.3) is 5.91 Å². The Labute approximate surface area is 174 Å². The number of nitrogens with one attached hydrogen (secondary N) is 1. The van der Waals surface area contributed by atoms with E-state index in [-0.39, 0.29) is 16.2 Å². The lowest BCUT2D eigenvalue weighted by Crippen LogP contribution is -2.44. The summed E-state index contributed by atoms with van der Waals surface area (Å²) in [6.45, 7) is 3.56. The molecule has 1 N–H and O–H groups in total. The van der Waals surface area contributed by atoms with Gasteiger partial charge in [-0.2, -0.15) is 0 Å². The quantitative estimate of drug-likeness (QED) is 0.731. The smallest absolute Gasteiger partial charge is 0.251 e. The van der Waals surface area contributed by atoms with Crippen LogP contribution in [0.4, 0.5) is 0 Å². The number of amides is 1. The molecule has 0 spiro atoms. The highest BCUT2D eigenvalue weighted by molar-refractivity contribution is 9.10. The van der Waals surface area contributed by atoms with Crippen LogP contribution in [0.15, 0.2) is 51.8 Å². The lowest BCUT2D eigenvalue weighted by atomic mass is 9.74. The zero-order chi connectivity index (χ0) is 20.4. The number of hydrogen-bond donors (Lipinski definition) is 1. The van der Waals surface area contributed by atoms with Gasteiger partial charge in [-0.05, 0) is 55.2 Å². The Morgan fingerprint density at radius 1 is 1.18 bits per heavy atom. The van der Waals surface area contributed by atoms with Crippen molar-refractivity contribution in [2.24, 2.45) is 0 Å². The Bertz CT molecular complexity index is 982. The molecule has 3 rings (SSSR count). The van der Waals surface area contributed by atoms with E-state index in [2.05, 4.69) is 33.4 Å². The number of ether oxygens (including phenoxy) is 1. The molecule has 5 nitrogen and oxygen atoms in total. The van der Waals surface area contributed by atoms with Crippen LogP contribution in [-0.2, 0) is 20.0 Å². The largest absolute Gasteiger partial charge is 0.381 e. The summed E-state index contributed by atoms with van der Waals surface area (Å²) < 4.78 is 30.2. The summed E-state index contributed by atoms with van der Waals surface area (Å²) in [5.41, 5.74) is 2.08. The highest BCUT2D eigenvalue weighted by atomic mass is 79.9. The zero-order valence-electron chi connectivity index (χ0n) is 16.0. The number of rotatable bonds is 5. The fourth-order valence-corrected chi connectivity index (χ4v) is 4.62. The van der Waals surface area contributed by atoms with Crippen LogP contribution in [0.3, 0.4) is 0 Å². The van der Waals surface area contributed by atoms with Crippen LogP contribution in [0.5, 0.6) is 0 Å². The first-order chi connectivity index (χ1) is 13.2. The van der Waals surface area contributed by atoms with Crippen molar-refractivity contribution in [2.45, 2.75) is 30.1 Å². The molecular weight excluding hydrogens is 442 g/mol.